The number of para-hydroxylation sites is 1. The Bertz CT molecular complexity index is 873. The quantitative estimate of drug-likeness (QED) is 0.448. The molecule has 0 bridgehead atoms. The summed E-state index contributed by atoms with van der Waals surface area (Å²) >= 11 is 4.53. The van der Waals surface area contributed by atoms with Crippen molar-refractivity contribution in [3.05, 3.63) is 58.8 Å². The van der Waals surface area contributed by atoms with E-state index in [4.69, 9.17) is 0 Å². The van der Waals surface area contributed by atoms with E-state index in [0.717, 1.165) is 26.8 Å². The van der Waals surface area contributed by atoms with Gasteiger partial charge in [-0.1, -0.05) is 39.8 Å². The molecule has 1 saturated heterocycles. The second kappa shape index (κ2) is 8.01. The minimum absolute atomic E-state index is 0.00112. The highest BCUT2D eigenvalue weighted by atomic mass is 79.9. The van der Waals surface area contributed by atoms with E-state index in [0.29, 0.717) is 5.17 Å². The number of carbonyl (C=O) groups excluding carboxylic acids is 2. The number of rotatable bonds is 3. The molecule has 5 nitrogen and oxygen atoms in total. The Hall–Kier alpha value is -2.19. The van der Waals surface area contributed by atoms with Gasteiger partial charge >= 0.3 is 0 Å². The minimum atomic E-state index is -0.649. The number of nitrogens with one attached hydrogen (secondary N) is 1. The highest BCUT2D eigenvalue weighted by Gasteiger charge is 2.41. The molecule has 134 valence electrons. The monoisotopic (exact) mass is 435 g/mol. The van der Waals surface area contributed by atoms with E-state index >= 15 is 0 Å². The van der Waals surface area contributed by atoms with Crippen LogP contribution in [0, 0.1) is 5.82 Å². The third-order valence-corrected chi connectivity index (χ3v) is 5.44. The summed E-state index contributed by atoms with van der Waals surface area (Å²) in [4.78, 5) is 30.0. The molecule has 0 aromatic heterocycles. The van der Waals surface area contributed by atoms with Crippen LogP contribution in [0.4, 0.5) is 15.8 Å². The average molecular weight is 436 g/mol. The molecule has 1 N–H and O–H groups in total. The predicted octanol–water partition coefficient (Wildman–Crippen LogP) is 4.05. The van der Waals surface area contributed by atoms with Crippen LogP contribution >= 0.6 is 27.7 Å². The third-order valence-electron chi connectivity index (χ3n) is 3.75. The van der Waals surface area contributed by atoms with Gasteiger partial charge < -0.3 is 5.32 Å². The first kappa shape index (κ1) is 18.6. The highest BCUT2D eigenvalue weighted by Crippen LogP contribution is 2.32. The lowest BCUT2D eigenvalue weighted by molar-refractivity contribution is -0.121. The summed E-state index contributed by atoms with van der Waals surface area (Å²) in [6.07, 6.45) is -0.00112. The molecule has 0 saturated carbocycles. The van der Waals surface area contributed by atoms with Crippen LogP contribution in [-0.2, 0) is 9.59 Å². The number of benzene rings is 2. The number of hydrogen-bond acceptors (Lipinski definition) is 4. The van der Waals surface area contributed by atoms with Crippen LogP contribution in [0.2, 0.25) is 0 Å². The fraction of sp³-hybridized carbons (Fsp3) is 0.167. The summed E-state index contributed by atoms with van der Waals surface area (Å²) in [7, 11) is 1.60. The fourth-order valence-corrected chi connectivity index (χ4v) is 3.76. The van der Waals surface area contributed by atoms with Crippen molar-refractivity contribution < 1.29 is 14.0 Å². The van der Waals surface area contributed by atoms with Gasteiger partial charge in [-0.05, 0) is 36.4 Å². The Morgan fingerprint density at radius 2 is 1.92 bits per heavy atom. The van der Waals surface area contributed by atoms with Gasteiger partial charge in [0.25, 0.3) is 0 Å². The summed E-state index contributed by atoms with van der Waals surface area (Å²) in [5.41, 5.74) is 0.797. The van der Waals surface area contributed by atoms with Crippen molar-refractivity contribution in [3.8, 4) is 0 Å². The van der Waals surface area contributed by atoms with Crippen LogP contribution < -0.4 is 10.2 Å². The second-order valence-corrected chi connectivity index (χ2v) is 7.60. The molecule has 26 heavy (non-hydrogen) atoms. The van der Waals surface area contributed by atoms with Crippen LogP contribution in [-0.4, -0.2) is 29.3 Å². The normalized spacial score (nSPS) is 17.7. The van der Waals surface area contributed by atoms with Gasteiger partial charge in [-0.2, -0.15) is 0 Å². The summed E-state index contributed by atoms with van der Waals surface area (Å²) in [6, 6.07) is 13.2. The number of anilines is 2. The Morgan fingerprint density at radius 1 is 1.23 bits per heavy atom. The zero-order chi connectivity index (χ0) is 18.7. The summed E-state index contributed by atoms with van der Waals surface area (Å²) in [6.45, 7) is 0. The maximum Gasteiger partial charge on any atom is 0.247 e. The van der Waals surface area contributed by atoms with Gasteiger partial charge in [-0.15, -0.1) is 0 Å². The van der Waals surface area contributed by atoms with E-state index in [1.54, 1.807) is 13.1 Å². The van der Waals surface area contributed by atoms with E-state index in [-0.39, 0.29) is 12.1 Å². The highest BCUT2D eigenvalue weighted by molar-refractivity contribution is 9.10. The molecule has 1 heterocycles. The molecule has 1 aliphatic rings. The molecular weight excluding hydrogens is 421 g/mol. The SMILES string of the molecule is CN=C(Nc1ccc(Br)cc1)S[C@@H]1CC(=O)N(c2ccccc2F)C1=O. The van der Waals surface area contributed by atoms with Crippen molar-refractivity contribution in [3.63, 3.8) is 0 Å². The van der Waals surface area contributed by atoms with Crippen molar-refractivity contribution in [2.45, 2.75) is 11.7 Å². The number of amidine groups is 1. The Kier molecular flexibility index (Phi) is 5.73. The number of carbonyl (C=O) groups is 2. The fourth-order valence-electron chi connectivity index (χ4n) is 2.51. The molecule has 2 amide bonds. The number of amides is 2. The standard InChI is InChI=1S/C18H15BrFN3O2S/c1-21-18(22-12-8-6-11(19)7-9-12)26-15-10-16(24)23(17(15)25)14-5-3-2-4-13(14)20/h2-9,15H,10H2,1H3,(H,21,22)/t15-/m1/s1. The first-order valence-corrected chi connectivity index (χ1v) is 9.44. The molecule has 8 heteroatoms. The summed E-state index contributed by atoms with van der Waals surface area (Å²) < 4.78 is 14.9. The maximum absolute atomic E-state index is 14.0. The number of nitrogens with zero attached hydrogens (tertiary/aromatic N) is 2. The lowest BCUT2D eigenvalue weighted by Gasteiger charge is -2.16. The second-order valence-electron chi connectivity index (χ2n) is 5.49. The lowest BCUT2D eigenvalue weighted by Crippen LogP contribution is -2.32. The molecule has 1 aliphatic heterocycles. The van der Waals surface area contributed by atoms with Gasteiger partial charge in [0.1, 0.15) is 11.1 Å². The lowest BCUT2D eigenvalue weighted by atomic mass is 10.3. The van der Waals surface area contributed by atoms with E-state index < -0.39 is 22.9 Å². The Morgan fingerprint density at radius 3 is 2.58 bits per heavy atom. The van der Waals surface area contributed by atoms with Crippen LogP contribution in [0.3, 0.4) is 0 Å². The zero-order valence-corrected chi connectivity index (χ0v) is 16.2. The first-order chi connectivity index (χ1) is 12.5. The van der Waals surface area contributed by atoms with Crippen molar-refractivity contribution in [1.82, 2.24) is 0 Å². The number of imide groups is 1. The number of thioether (sulfide) groups is 1. The Labute approximate surface area is 162 Å². The van der Waals surface area contributed by atoms with Crippen LogP contribution in [0.15, 0.2) is 58.0 Å². The summed E-state index contributed by atoms with van der Waals surface area (Å²) in [5, 5.41) is 2.98. The topological polar surface area (TPSA) is 61.8 Å². The van der Waals surface area contributed by atoms with Crippen LogP contribution in [0.25, 0.3) is 0 Å². The van der Waals surface area contributed by atoms with Gasteiger partial charge in [0.05, 0.1) is 5.69 Å². The zero-order valence-electron chi connectivity index (χ0n) is 13.8. The molecule has 2 aromatic carbocycles. The summed E-state index contributed by atoms with van der Waals surface area (Å²) in [5.74, 6) is -1.46. The Balaban J connectivity index is 1.73. The predicted molar refractivity (Wildman–Crippen MR) is 106 cm³/mol. The number of aliphatic imine (C=N–C) groups is 1. The van der Waals surface area contributed by atoms with Crippen LogP contribution in [0.5, 0.6) is 0 Å². The van der Waals surface area contributed by atoms with Crippen molar-refractivity contribution in [1.29, 1.82) is 0 Å². The van der Waals surface area contributed by atoms with Crippen molar-refractivity contribution >= 4 is 56.0 Å². The molecule has 3 rings (SSSR count). The molecular formula is C18H15BrFN3O2S. The van der Waals surface area contributed by atoms with Gasteiger partial charge in [0, 0.05) is 23.6 Å². The van der Waals surface area contributed by atoms with Crippen molar-refractivity contribution in [2.24, 2.45) is 4.99 Å². The van der Waals surface area contributed by atoms with Crippen LogP contribution in [0.1, 0.15) is 6.42 Å². The van der Waals surface area contributed by atoms with Crippen molar-refractivity contribution in [2.75, 3.05) is 17.3 Å². The van der Waals surface area contributed by atoms with Gasteiger partial charge in [0.2, 0.25) is 11.8 Å². The first-order valence-electron chi connectivity index (χ1n) is 7.77. The molecule has 1 atom stereocenters. The molecule has 2 aromatic rings. The molecule has 0 unspecified atom stereocenters. The van der Waals surface area contributed by atoms with E-state index in [2.05, 4.69) is 26.2 Å². The third kappa shape index (κ3) is 3.96. The van der Waals surface area contributed by atoms with E-state index in [1.807, 2.05) is 24.3 Å². The average Bonchev–Trinajstić information content (AvgIpc) is 2.90. The molecule has 0 radical (unpaired) electrons. The van der Waals surface area contributed by atoms with Gasteiger partial charge in [-0.3, -0.25) is 14.6 Å². The molecule has 0 aliphatic carbocycles. The van der Waals surface area contributed by atoms with Gasteiger partial charge in [-0.25, -0.2) is 9.29 Å². The van der Waals surface area contributed by atoms with E-state index in [1.165, 1.54) is 18.2 Å². The maximum atomic E-state index is 14.0. The minimum Gasteiger partial charge on any atom is -0.335 e. The van der Waals surface area contributed by atoms with E-state index in [9.17, 15) is 14.0 Å². The number of hydrogen-bond donors (Lipinski definition) is 1. The van der Waals surface area contributed by atoms with Gasteiger partial charge in [0.15, 0.2) is 5.17 Å². The smallest absolute Gasteiger partial charge is 0.247 e. The number of halogens is 2. The largest absolute Gasteiger partial charge is 0.335 e. The molecule has 0 spiro atoms. The molecule has 1 fully saturated rings.